The second-order valence-electron chi connectivity index (χ2n) is 9.64. The molecule has 2 aliphatic heterocycles. The summed E-state index contributed by atoms with van der Waals surface area (Å²) in [6, 6.07) is 15.4. The number of methoxy groups -OCH3 is 1. The van der Waals surface area contributed by atoms with Crippen molar-refractivity contribution in [3.8, 4) is 39.5 Å². The summed E-state index contributed by atoms with van der Waals surface area (Å²) in [5.74, 6) is 1.38. The zero-order chi connectivity index (χ0) is 26.1. The van der Waals surface area contributed by atoms with E-state index in [1.54, 1.807) is 24.3 Å². The zero-order valence-electron chi connectivity index (χ0n) is 20.8. The molecule has 7 rings (SSSR count). The lowest BCUT2D eigenvalue weighted by Gasteiger charge is -2.22. The van der Waals surface area contributed by atoms with Crippen LogP contribution in [0.4, 0.5) is 5.69 Å². The van der Waals surface area contributed by atoms with E-state index in [4.69, 9.17) is 19.9 Å². The minimum Gasteiger partial charge on any atom is -0.497 e. The Morgan fingerprint density at radius 1 is 1.00 bits per heavy atom. The van der Waals surface area contributed by atoms with E-state index < -0.39 is 5.91 Å². The third kappa shape index (κ3) is 3.13. The smallest absolute Gasteiger partial charge is 0.267 e. The van der Waals surface area contributed by atoms with Crippen molar-refractivity contribution in [1.82, 2.24) is 4.98 Å². The number of rotatable bonds is 4. The van der Waals surface area contributed by atoms with Crippen LogP contribution in [0.2, 0.25) is 0 Å². The van der Waals surface area contributed by atoms with Gasteiger partial charge in [0.05, 0.1) is 13.7 Å². The second kappa shape index (κ2) is 8.08. The third-order valence-corrected chi connectivity index (χ3v) is 7.66. The lowest BCUT2D eigenvalue weighted by atomic mass is 9.91. The first-order chi connectivity index (χ1) is 18.4. The highest BCUT2D eigenvalue weighted by Gasteiger charge is 2.33. The van der Waals surface area contributed by atoms with Crippen LogP contribution in [0.1, 0.15) is 43.1 Å². The summed E-state index contributed by atoms with van der Waals surface area (Å²) in [7, 11) is 1.59. The summed E-state index contributed by atoms with van der Waals surface area (Å²) in [4.78, 5) is 32.0. The molecule has 0 saturated carbocycles. The van der Waals surface area contributed by atoms with Crippen LogP contribution in [0, 0.1) is 6.92 Å². The van der Waals surface area contributed by atoms with E-state index in [1.165, 1.54) is 0 Å². The fourth-order valence-corrected chi connectivity index (χ4v) is 5.81. The highest BCUT2D eigenvalue weighted by molar-refractivity contribution is 6.11. The van der Waals surface area contributed by atoms with Crippen molar-refractivity contribution in [2.45, 2.75) is 19.9 Å². The lowest BCUT2D eigenvalue weighted by Crippen LogP contribution is -2.24. The van der Waals surface area contributed by atoms with Crippen molar-refractivity contribution >= 4 is 17.5 Å². The molecule has 2 N–H and O–H groups in total. The highest BCUT2D eigenvalue weighted by Crippen LogP contribution is 2.49. The van der Waals surface area contributed by atoms with Crippen LogP contribution in [-0.2, 0) is 13.0 Å². The summed E-state index contributed by atoms with van der Waals surface area (Å²) in [5.41, 5.74) is 14.8. The molecule has 0 bridgehead atoms. The van der Waals surface area contributed by atoms with Crippen molar-refractivity contribution in [2.75, 3.05) is 18.8 Å². The van der Waals surface area contributed by atoms with E-state index in [-0.39, 0.29) is 18.4 Å². The minimum atomic E-state index is -0.568. The second-order valence-corrected chi connectivity index (χ2v) is 9.64. The molecule has 1 aliphatic carbocycles. The molecule has 188 valence electrons. The number of aromatic nitrogens is 1. The van der Waals surface area contributed by atoms with Crippen molar-refractivity contribution < 1.29 is 23.8 Å². The van der Waals surface area contributed by atoms with Crippen molar-refractivity contribution in [3.05, 3.63) is 88.2 Å². The van der Waals surface area contributed by atoms with E-state index in [1.807, 2.05) is 49.4 Å². The van der Waals surface area contributed by atoms with Gasteiger partial charge >= 0.3 is 0 Å². The van der Waals surface area contributed by atoms with Crippen LogP contribution in [-0.4, -0.2) is 30.7 Å². The summed E-state index contributed by atoms with van der Waals surface area (Å²) >= 11 is 0. The van der Waals surface area contributed by atoms with Crippen LogP contribution in [0.5, 0.6) is 17.2 Å². The first-order valence-electron chi connectivity index (χ1n) is 12.3. The van der Waals surface area contributed by atoms with Gasteiger partial charge in [-0.15, -0.1) is 0 Å². The highest BCUT2D eigenvalue weighted by atomic mass is 16.7. The monoisotopic (exact) mass is 505 g/mol. The number of nitrogens with zero attached hydrogens (tertiary/aromatic N) is 2. The van der Waals surface area contributed by atoms with E-state index >= 15 is 0 Å². The zero-order valence-corrected chi connectivity index (χ0v) is 20.8. The molecule has 3 aromatic carbocycles. The van der Waals surface area contributed by atoms with E-state index in [0.29, 0.717) is 35.8 Å². The number of nitrogens with two attached hydrogens (primary N) is 1. The fourth-order valence-electron chi connectivity index (χ4n) is 5.81. The average Bonchev–Trinajstić information content (AvgIpc) is 3.62. The number of carbonyl (C=O) groups is 2. The van der Waals surface area contributed by atoms with Crippen molar-refractivity contribution in [2.24, 2.45) is 5.73 Å². The van der Waals surface area contributed by atoms with Crippen molar-refractivity contribution in [1.29, 1.82) is 0 Å². The molecule has 8 nitrogen and oxygen atoms in total. The predicted molar refractivity (Wildman–Crippen MR) is 141 cm³/mol. The standard InChI is InChI=1S/C30H23N3O5/c1-15-19(4-3-5-24(15)33-13-16-6-7-18(36-2)10-21(16)30(33)35)23-12-32-28(29(31)34)22-8-17-9-25-26(38-14-37-25)11-20(17)27(22)23/h3-7,9-12H,8,13-14H2,1-2H3,(H2,31,34). The molecule has 0 unspecified atom stereocenters. The number of anilines is 1. The Labute approximate surface area is 218 Å². The molecule has 2 amide bonds. The number of benzene rings is 3. The van der Waals surface area contributed by atoms with Crippen LogP contribution < -0.4 is 24.8 Å². The van der Waals surface area contributed by atoms with Crippen LogP contribution in [0.15, 0.2) is 54.7 Å². The topological polar surface area (TPSA) is 104 Å². The van der Waals surface area contributed by atoms with Crippen molar-refractivity contribution in [3.63, 3.8) is 0 Å². The molecule has 4 aromatic rings. The van der Waals surface area contributed by atoms with Gasteiger partial charge in [0, 0.05) is 29.4 Å². The number of primary amides is 1. The lowest BCUT2D eigenvalue weighted by molar-refractivity contribution is 0.0987. The Hall–Kier alpha value is -4.85. The Morgan fingerprint density at radius 3 is 2.61 bits per heavy atom. The first-order valence-corrected chi connectivity index (χ1v) is 12.3. The molecular formula is C30H23N3O5. The van der Waals surface area contributed by atoms with Gasteiger partial charge in [0.2, 0.25) is 6.79 Å². The molecule has 0 spiro atoms. The molecule has 0 fully saturated rings. The van der Waals surface area contributed by atoms with Gasteiger partial charge in [-0.25, -0.2) is 0 Å². The van der Waals surface area contributed by atoms with Gasteiger partial charge in [0.1, 0.15) is 11.4 Å². The number of pyridine rings is 1. The van der Waals surface area contributed by atoms with E-state index in [9.17, 15) is 9.59 Å². The van der Waals surface area contributed by atoms with Crippen LogP contribution >= 0.6 is 0 Å². The van der Waals surface area contributed by atoms with E-state index in [2.05, 4.69) is 4.98 Å². The number of carbonyl (C=O) groups excluding carboxylic acids is 2. The maximum absolute atomic E-state index is 13.4. The van der Waals surface area contributed by atoms with Gasteiger partial charge in [-0.2, -0.15) is 0 Å². The number of fused-ring (bicyclic) bond motifs is 5. The number of amides is 2. The SMILES string of the molecule is COc1ccc2c(c1)C(=O)N(c1cccc(-c3cnc(C(N)=O)c4c3-c3cc5c(cc3C4)OCO5)c1C)C2. The molecule has 38 heavy (non-hydrogen) atoms. The third-order valence-electron chi connectivity index (χ3n) is 7.66. The number of hydrogen-bond donors (Lipinski definition) is 1. The molecular weight excluding hydrogens is 482 g/mol. The Balaban J connectivity index is 1.38. The van der Waals surface area contributed by atoms with Gasteiger partial charge in [0.15, 0.2) is 11.5 Å². The Bertz CT molecular complexity index is 1710. The number of hydrogen-bond acceptors (Lipinski definition) is 6. The minimum absolute atomic E-state index is 0.0652. The largest absolute Gasteiger partial charge is 0.497 e. The maximum Gasteiger partial charge on any atom is 0.267 e. The van der Waals surface area contributed by atoms with Gasteiger partial charge in [-0.3, -0.25) is 14.6 Å². The quantitative estimate of drug-likeness (QED) is 0.382. The van der Waals surface area contributed by atoms with Crippen LogP contribution in [0.25, 0.3) is 22.3 Å². The normalized spacial score (nSPS) is 14.4. The molecule has 0 radical (unpaired) electrons. The average molecular weight is 506 g/mol. The molecule has 8 heteroatoms. The van der Waals surface area contributed by atoms with Gasteiger partial charge in [-0.1, -0.05) is 18.2 Å². The summed E-state index contributed by atoms with van der Waals surface area (Å²) in [5, 5.41) is 0. The molecule has 0 atom stereocenters. The molecule has 1 aromatic heterocycles. The first kappa shape index (κ1) is 22.4. The maximum atomic E-state index is 13.4. The fraction of sp³-hybridized carbons (Fsp3) is 0.167. The van der Waals surface area contributed by atoms with E-state index in [0.717, 1.165) is 50.2 Å². The Kier molecular flexibility index (Phi) is 4.75. The summed E-state index contributed by atoms with van der Waals surface area (Å²) in [6.07, 6.45) is 2.22. The predicted octanol–water partition coefficient (Wildman–Crippen LogP) is 4.62. The summed E-state index contributed by atoms with van der Waals surface area (Å²) in [6.45, 7) is 2.66. The molecule has 3 aliphatic rings. The number of ether oxygens (including phenoxy) is 3. The van der Waals surface area contributed by atoms with Gasteiger partial charge in [0.25, 0.3) is 11.8 Å². The van der Waals surface area contributed by atoms with Crippen LogP contribution in [0.3, 0.4) is 0 Å². The summed E-state index contributed by atoms with van der Waals surface area (Å²) < 4.78 is 16.6. The molecule has 0 saturated heterocycles. The van der Waals surface area contributed by atoms with Gasteiger partial charge in [-0.05, 0) is 76.2 Å². The van der Waals surface area contributed by atoms with Gasteiger partial charge < -0.3 is 24.8 Å². The Morgan fingerprint density at radius 2 is 1.82 bits per heavy atom. The molecule has 3 heterocycles.